The van der Waals surface area contributed by atoms with Crippen molar-refractivity contribution in [2.24, 2.45) is 7.05 Å². The van der Waals surface area contributed by atoms with E-state index in [9.17, 15) is 0 Å². The minimum atomic E-state index is 0.711. The molecule has 0 aliphatic carbocycles. The SMILES string of the molecule is CNCc1c(C)nn(C)c1Oc1ccc(OC)cc1Br. The van der Waals surface area contributed by atoms with Crippen LogP contribution in [0.5, 0.6) is 17.4 Å². The maximum Gasteiger partial charge on any atom is 0.222 e. The molecular formula is C14H18BrN3O2. The van der Waals surface area contributed by atoms with Gasteiger partial charge in [0, 0.05) is 13.6 Å². The van der Waals surface area contributed by atoms with Crippen molar-refractivity contribution in [2.45, 2.75) is 13.5 Å². The van der Waals surface area contributed by atoms with Gasteiger partial charge in [-0.25, -0.2) is 4.68 Å². The minimum absolute atomic E-state index is 0.711. The van der Waals surface area contributed by atoms with Crippen LogP contribution >= 0.6 is 15.9 Å². The second kappa shape index (κ2) is 6.28. The van der Waals surface area contributed by atoms with Crippen LogP contribution in [0.1, 0.15) is 11.3 Å². The Bertz CT molecular complexity index is 611. The van der Waals surface area contributed by atoms with E-state index in [1.54, 1.807) is 11.8 Å². The zero-order valence-electron chi connectivity index (χ0n) is 12.0. The van der Waals surface area contributed by atoms with Gasteiger partial charge in [0.1, 0.15) is 11.5 Å². The van der Waals surface area contributed by atoms with Gasteiger partial charge in [-0.15, -0.1) is 0 Å². The van der Waals surface area contributed by atoms with Crippen LogP contribution in [0.3, 0.4) is 0 Å². The molecule has 5 nitrogen and oxygen atoms in total. The van der Waals surface area contributed by atoms with Crippen LogP contribution in [0.2, 0.25) is 0 Å². The molecule has 0 amide bonds. The Hall–Kier alpha value is -1.53. The van der Waals surface area contributed by atoms with Crippen LogP contribution in [-0.4, -0.2) is 23.9 Å². The van der Waals surface area contributed by atoms with Gasteiger partial charge in [-0.2, -0.15) is 5.10 Å². The number of hydrogen-bond acceptors (Lipinski definition) is 4. The summed E-state index contributed by atoms with van der Waals surface area (Å²) in [6, 6.07) is 5.60. The molecule has 0 fully saturated rings. The fourth-order valence-corrected chi connectivity index (χ4v) is 2.42. The summed E-state index contributed by atoms with van der Waals surface area (Å²) in [5.74, 6) is 2.25. The summed E-state index contributed by atoms with van der Waals surface area (Å²) < 4.78 is 13.8. The summed E-state index contributed by atoms with van der Waals surface area (Å²) in [6.07, 6.45) is 0. The lowest BCUT2D eigenvalue weighted by atomic mass is 10.2. The number of methoxy groups -OCH3 is 1. The number of halogens is 1. The molecule has 108 valence electrons. The van der Waals surface area contributed by atoms with Gasteiger partial charge in [0.15, 0.2) is 0 Å². The van der Waals surface area contributed by atoms with Crippen molar-refractivity contribution in [2.75, 3.05) is 14.2 Å². The van der Waals surface area contributed by atoms with Crippen molar-refractivity contribution >= 4 is 15.9 Å². The monoisotopic (exact) mass is 339 g/mol. The number of benzene rings is 1. The highest BCUT2D eigenvalue weighted by molar-refractivity contribution is 9.10. The first-order valence-electron chi connectivity index (χ1n) is 6.25. The first kappa shape index (κ1) is 14.9. The normalized spacial score (nSPS) is 10.7. The Kier molecular flexibility index (Phi) is 4.67. The third-order valence-corrected chi connectivity index (χ3v) is 3.61. The molecule has 20 heavy (non-hydrogen) atoms. The Morgan fingerprint density at radius 3 is 2.75 bits per heavy atom. The lowest BCUT2D eigenvalue weighted by molar-refractivity contribution is 0.406. The first-order chi connectivity index (χ1) is 9.56. The number of rotatable bonds is 5. The zero-order chi connectivity index (χ0) is 14.7. The van der Waals surface area contributed by atoms with Gasteiger partial charge in [-0.3, -0.25) is 0 Å². The minimum Gasteiger partial charge on any atom is -0.497 e. The van der Waals surface area contributed by atoms with E-state index >= 15 is 0 Å². The lowest BCUT2D eigenvalue weighted by Crippen LogP contribution is -2.07. The van der Waals surface area contributed by atoms with Gasteiger partial charge in [-0.1, -0.05) is 0 Å². The topological polar surface area (TPSA) is 48.3 Å². The molecule has 1 aromatic heterocycles. The molecule has 0 saturated heterocycles. The Morgan fingerprint density at radius 2 is 2.15 bits per heavy atom. The van der Waals surface area contributed by atoms with E-state index in [0.717, 1.165) is 33.1 Å². The largest absolute Gasteiger partial charge is 0.497 e. The zero-order valence-corrected chi connectivity index (χ0v) is 13.6. The molecule has 1 aromatic carbocycles. The molecule has 0 aliphatic heterocycles. The standard InChI is InChI=1S/C14H18BrN3O2/c1-9-11(8-16-2)14(18(3)17-9)20-13-6-5-10(19-4)7-12(13)15/h5-7,16H,8H2,1-4H3. The fraction of sp³-hybridized carbons (Fsp3) is 0.357. The van der Waals surface area contributed by atoms with Crippen molar-refractivity contribution < 1.29 is 9.47 Å². The van der Waals surface area contributed by atoms with Crippen LogP contribution < -0.4 is 14.8 Å². The highest BCUT2D eigenvalue weighted by atomic mass is 79.9. The summed E-state index contributed by atoms with van der Waals surface area (Å²) in [5.41, 5.74) is 2.01. The molecule has 2 aromatic rings. The van der Waals surface area contributed by atoms with E-state index in [0.29, 0.717) is 6.54 Å². The summed E-state index contributed by atoms with van der Waals surface area (Å²) in [4.78, 5) is 0. The maximum absolute atomic E-state index is 6.00. The Labute approximate surface area is 127 Å². The van der Waals surface area contributed by atoms with Crippen molar-refractivity contribution in [1.29, 1.82) is 0 Å². The second-order valence-electron chi connectivity index (χ2n) is 4.42. The van der Waals surface area contributed by atoms with Crippen molar-refractivity contribution in [3.8, 4) is 17.4 Å². The second-order valence-corrected chi connectivity index (χ2v) is 5.28. The van der Waals surface area contributed by atoms with Crippen LogP contribution in [0, 0.1) is 6.92 Å². The van der Waals surface area contributed by atoms with Gasteiger partial charge in [0.25, 0.3) is 0 Å². The molecule has 0 unspecified atom stereocenters. The van der Waals surface area contributed by atoms with Crippen LogP contribution in [0.4, 0.5) is 0 Å². The van der Waals surface area contributed by atoms with Gasteiger partial charge >= 0.3 is 0 Å². The molecule has 0 radical (unpaired) electrons. The predicted octanol–water partition coefficient (Wildman–Crippen LogP) is 3.01. The van der Waals surface area contributed by atoms with Crippen molar-refractivity contribution in [1.82, 2.24) is 15.1 Å². The van der Waals surface area contributed by atoms with Crippen molar-refractivity contribution in [3.05, 3.63) is 33.9 Å². The van der Waals surface area contributed by atoms with E-state index in [-0.39, 0.29) is 0 Å². The number of nitrogens with zero attached hydrogens (tertiary/aromatic N) is 2. The van der Waals surface area contributed by atoms with Gasteiger partial charge < -0.3 is 14.8 Å². The average Bonchev–Trinajstić information content (AvgIpc) is 2.68. The molecule has 1 heterocycles. The van der Waals surface area contributed by atoms with Crippen LogP contribution in [0.25, 0.3) is 0 Å². The maximum atomic E-state index is 6.00. The first-order valence-corrected chi connectivity index (χ1v) is 7.04. The van der Waals surface area contributed by atoms with E-state index in [1.807, 2.05) is 39.2 Å². The smallest absolute Gasteiger partial charge is 0.222 e. The molecular weight excluding hydrogens is 322 g/mol. The number of hydrogen-bond donors (Lipinski definition) is 1. The Balaban J connectivity index is 2.34. The van der Waals surface area contributed by atoms with E-state index in [1.165, 1.54) is 0 Å². The molecule has 0 saturated carbocycles. The van der Waals surface area contributed by atoms with Gasteiger partial charge in [0.05, 0.1) is 22.8 Å². The highest BCUT2D eigenvalue weighted by Crippen LogP contribution is 2.34. The van der Waals surface area contributed by atoms with Gasteiger partial charge in [0.2, 0.25) is 5.88 Å². The third-order valence-electron chi connectivity index (χ3n) is 2.99. The molecule has 6 heteroatoms. The van der Waals surface area contributed by atoms with Gasteiger partial charge in [-0.05, 0) is 48.1 Å². The quantitative estimate of drug-likeness (QED) is 0.909. The number of ether oxygens (including phenoxy) is 2. The number of nitrogens with one attached hydrogen (secondary N) is 1. The molecule has 0 bridgehead atoms. The van der Waals surface area contributed by atoms with E-state index < -0.39 is 0 Å². The van der Waals surface area contributed by atoms with E-state index in [2.05, 4.69) is 26.3 Å². The number of aryl methyl sites for hydroxylation is 2. The number of aromatic nitrogens is 2. The van der Waals surface area contributed by atoms with Crippen LogP contribution in [0.15, 0.2) is 22.7 Å². The lowest BCUT2D eigenvalue weighted by Gasteiger charge is -2.11. The molecule has 2 rings (SSSR count). The summed E-state index contributed by atoms with van der Waals surface area (Å²) in [5, 5.41) is 7.53. The van der Waals surface area contributed by atoms with E-state index in [4.69, 9.17) is 9.47 Å². The molecule has 0 aliphatic rings. The summed E-state index contributed by atoms with van der Waals surface area (Å²) in [6.45, 7) is 2.69. The molecule has 1 N–H and O–H groups in total. The molecule has 0 spiro atoms. The van der Waals surface area contributed by atoms with Crippen LogP contribution in [-0.2, 0) is 13.6 Å². The summed E-state index contributed by atoms with van der Waals surface area (Å²) >= 11 is 3.49. The highest BCUT2D eigenvalue weighted by Gasteiger charge is 2.16. The fourth-order valence-electron chi connectivity index (χ4n) is 1.98. The average molecular weight is 340 g/mol. The van der Waals surface area contributed by atoms with Crippen molar-refractivity contribution in [3.63, 3.8) is 0 Å². The Morgan fingerprint density at radius 1 is 1.40 bits per heavy atom. The predicted molar refractivity (Wildman–Crippen MR) is 81.5 cm³/mol. The third kappa shape index (κ3) is 2.96. The summed E-state index contributed by atoms with van der Waals surface area (Å²) in [7, 11) is 5.41. The molecule has 0 atom stereocenters.